The maximum atomic E-state index is 12.4. The van der Waals surface area contributed by atoms with E-state index in [1.165, 1.54) is 0 Å². The van der Waals surface area contributed by atoms with E-state index in [-0.39, 0.29) is 24.0 Å². The van der Waals surface area contributed by atoms with Crippen LogP contribution in [0.4, 0.5) is 10.5 Å². The Hall–Kier alpha value is -3.66. The number of imidazole rings is 1. The first-order valence-corrected chi connectivity index (χ1v) is 14.5. The third-order valence-electron chi connectivity index (χ3n) is 7.92. The molecular weight excluding hydrogens is 522 g/mol. The number of rotatable bonds is 11. The first-order chi connectivity index (χ1) is 19.8. The number of nitrogens with zero attached hydrogens (tertiary/aromatic N) is 4. The second kappa shape index (κ2) is 13.8. The Balaban J connectivity index is 1.59. The maximum absolute atomic E-state index is 12.4. The van der Waals surface area contributed by atoms with Crippen LogP contribution in [-0.2, 0) is 14.3 Å². The van der Waals surface area contributed by atoms with E-state index < -0.39 is 6.09 Å². The molecule has 1 fully saturated rings. The SMILES string of the molecule is CCCC(C)OC(=O)Nc1ccc(-c2nc(C3CCC(N(CCOC)C(C)=O)CC3)n3ccnc(C)c23)cc1OC. The fourth-order valence-corrected chi connectivity index (χ4v) is 5.87. The molecule has 1 aromatic carbocycles. The van der Waals surface area contributed by atoms with Gasteiger partial charge in [0.05, 0.1) is 36.3 Å². The van der Waals surface area contributed by atoms with Crippen LogP contribution >= 0.6 is 0 Å². The molecule has 1 aliphatic carbocycles. The molecule has 1 saturated carbocycles. The number of carbonyl (C=O) groups excluding carboxylic acids is 2. The van der Waals surface area contributed by atoms with Crippen LogP contribution in [0.15, 0.2) is 30.6 Å². The van der Waals surface area contributed by atoms with Gasteiger partial charge in [0.15, 0.2) is 0 Å². The zero-order chi connectivity index (χ0) is 29.5. The molecule has 1 atom stereocenters. The summed E-state index contributed by atoms with van der Waals surface area (Å²) in [7, 11) is 3.24. The van der Waals surface area contributed by atoms with Gasteiger partial charge in [-0.3, -0.25) is 19.5 Å². The minimum atomic E-state index is -0.507. The highest BCUT2D eigenvalue weighted by Gasteiger charge is 2.31. The quantitative estimate of drug-likeness (QED) is 0.305. The van der Waals surface area contributed by atoms with Crippen molar-refractivity contribution in [2.45, 2.75) is 84.3 Å². The summed E-state index contributed by atoms with van der Waals surface area (Å²) in [4.78, 5) is 36.4. The summed E-state index contributed by atoms with van der Waals surface area (Å²) in [5, 5.41) is 2.81. The first-order valence-electron chi connectivity index (χ1n) is 14.5. The van der Waals surface area contributed by atoms with Gasteiger partial charge in [-0.1, -0.05) is 19.4 Å². The molecule has 10 heteroatoms. The highest BCUT2D eigenvalue weighted by Crippen LogP contribution is 2.39. The van der Waals surface area contributed by atoms with Gasteiger partial charge < -0.3 is 19.1 Å². The van der Waals surface area contributed by atoms with Gasteiger partial charge in [-0.15, -0.1) is 0 Å². The van der Waals surface area contributed by atoms with E-state index in [0.717, 1.165) is 66.8 Å². The van der Waals surface area contributed by atoms with Crippen molar-refractivity contribution in [3.05, 3.63) is 42.1 Å². The monoisotopic (exact) mass is 565 g/mol. The number of amides is 2. The van der Waals surface area contributed by atoms with E-state index in [0.29, 0.717) is 24.6 Å². The molecule has 1 aliphatic rings. The number of nitrogens with one attached hydrogen (secondary N) is 1. The number of carbonyl (C=O) groups is 2. The molecule has 0 spiro atoms. The van der Waals surface area contributed by atoms with Gasteiger partial charge >= 0.3 is 6.09 Å². The third kappa shape index (κ3) is 6.98. The van der Waals surface area contributed by atoms with Crippen LogP contribution in [0, 0.1) is 6.92 Å². The highest BCUT2D eigenvalue weighted by atomic mass is 16.6. The number of aromatic nitrogens is 3. The summed E-state index contributed by atoms with van der Waals surface area (Å²) in [6.07, 6.45) is 8.57. The van der Waals surface area contributed by atoms with E-state index in [4.69, 9.17) is 19.2 Å². The minimum Gasteiger partial charge on any atom is -0.495 e. The van der Waals surface area contributed by atoms with Gasteiger partial charge in [0.2, 0.25) is 5.91 Å². The van der Waals surface area contributed by atoms with Crippen molar-refractivity contribution in [1.82, 2.24) is 19.3 Å². The number of hydrogen-bond donors (Lipinski definition) is 1. The molecule has 3 aromatic rings. The topological polar surface area (TPSA) is 107 Å². The van der Waals surface area contributed by atoms with Crippen molar-refractivity contribution in [2.24, 2.45) is 0 Å². The highest BCUT2D eigenvalue weighted by molar-refractivity contribution is 5.89. The molecule has 222 valence electrons. The third-order valence-corrected chi connectivity index (χ3v) is 7.92. The smallest absolute Gasteiger partial charge is 0.412 e. The standard InChI is InChI=1S/C31H43N5O5/c1-7-8-20(2)41-31(38)33-26-14-11-24(19-27(26)40-6)28-29-21(3)32-15-16-36(29)30(34-28)23-9-12-25(13-10-23)35(22(4)37)17-18-39-5/h11,14-16,19-20,23,25H,7-10,12-13,17-18H2,1-6H3,(H,33,38). The zero-order valence-electron chi connectivity index (χ0n) is 25.1. The molecule has 4 rings (SSSR count). The molecule has 1 unspecified atom stereocenters. The van der Waals surface area contributed by atoms with Crippen LogP contribution in [-0.4, -0.2) is 70.8 Å². The van der Waals surface area contributed by atoms with E-state index in [1.54, 1.807) is 21.1 Å². The molecule has 41 heavy (non-hydrogen) atoms. The molecule has 2 aromatic heterocycles. The molecule has 0 radical (unpaired) electrons. The van der Waals surface area contributed by atoms with Gasteiger partial charge in [-0.05, 0) is 58.1 Å². The predicted molar refractivity (Wildman–Crippen MR) is 158 cm³/mol. The number of methoxy groups -OCH3 is 2. The van der Waals surface area contributed by atoms with Crippen LogP contribution in [0.2, 0.25) is 0 Å². The Bertz CT molecular complexity index is 1350. The summed E-state index contributed by atoms with van der Waals surface area (Å²) >= 11 is 0. The summed E-state index contributed by atoms with van der Waals surface area (Å²) in [5.41, 5.74) is 4.06. The van der Waals surface area contributed by atoms with Gasteiger partial charge in [0.25, 0.3) is 0 Å². The number of anilines is 1. The number of ether oxygens (including phenoxy) is 3. The molecule has 1 N–H and O–H groups in total. The van der Waals surface area contributed by atoms with E-state index in [1.807, 2.05) is 49.3 Å². The molecular formula is C31H43N5O5. The van der Waals surface area contributed by atoms with Crippen molar-refractivity contribution in [1.29, 1.82) is 0 Å². The summed E-state index contributed by atoms with van der Waals surface area (Å²) in [6, 6.07) is 5.86. The van der Waals surface area contributed by atoms with Crippen LogP contribution in [0.25, 0.3) is 16.8 Å². The lowest BCUT2D eigenvalue weighted by atomic mass is 9.84. The van der Waals surface area contributed by atoms with Gasteiger partial charge in [-0.2, -0.15) is 0 Å². The Kier molecular flexibility index (Phi) is 10.2. The summed E-state index contributed by atoms with van der Waals surface area (Å²) in [6.45, 7) is 8.72. The number of fused-ring (bicyclic) bond motifs is 1. The lowest BCUT2D eigenvalue weighted by Crippen LogP contribution is -2.42. The fourth-order valence-electron chi connectivity index (χ4n) is 5.87. The summed E-state index contributed by atoms with van der Waals surface area (Å²) in [5.74, 6) is 1.87. The maximum Gasteiger partial charge on any atom is 0.412 e. The van der Waals surface area contributed by atoms with Crippen molar-refractivity contribution >= 4 is 23.2 Å². The molecule has 0 bridgehead atoms. The Morgan fingerprint density at radius 1 is 1.20 bits per heavy atom. The number of hydrogen-bond acceptors (Lipinski definition) is 7. The van der Waals surface area contributed by atoms with Gasteiger partial charge in [0.1, 0.15) is 17.7 Å². The van der Waals surface area contributed by atoms with Crippen LogP contribution < -0.4 is 10.1 Å². The molecule has 2 amide bonds. The Morgan fingerprint density at radius 3 is 2.61 bits per heavy atom. The largest absolute Gasteiger partial charge is 0.495 e. The lowest BCUT2D eigenvalue weighted by molar-refractivity contribution is -0.132. The molecule has 0 saturated heterocycles. The van der Waals surface area contributed by atoms with E-state index in [2.05, 4.69) is 21.6 Å². The Morgan fingerprint density at radius 2 is 1.95 bits per heavy atom. The van der Waals surface area contributed by atoms with Crippen molar-refractivity contribution < 1.29 is 23.8 Å². The average Bonchev–Trinajstić information content (AvgIpc) is 3.34. The van der Waals surface area contributed by atoms with Gasteiger partial charge in [0, 0.05) is 50.5 Å². The molecule has 0 aliphatic heterocycles. The average molecular weight is 566 g/mol. The minimum absolute atomic E-state index is 0.0939. The van der Waals surface area contributed by atoms with Gasteiger partial charge in [-0.25, -0.2) is 9.78 Å². The first kappa shape index (κ1) is 30.3. The second-order valence-corrected chi connectivity index (χ2v) is 10.8. The van der Waals surface area contributed by atoms with Crippen LogP contribution in [0.3, 0.4) is 0 Å². The van der Waals surface area contributed by atoms with Crippen LogP contribution in [0.5, 0.6) is 5.75 Å². The Labute approximate surface area is 242 Å². The number of benzene rings is 1. The summed E-state index contributed by atoms with van der Waals surface area (Å²) < 4.78 is 18.5. The predicted octanol–water partition coefficient (Wildman–Crippen LogP) is 5.97. The van der Waals surface area contributed by atoms with Crippen molar-refractivity contribution in [2.75, 3.05) is 32.7 Å². The molecule has 10 nitrogen and oxygen atoms in total. The molecule has 2 heterocycles. The lowest BCUT2D eigenvalue weighted by Gasteiger charge is -2.36. The second-order valence-electron chi connectivity index (χ2n) is 10.8. The van der Waals surface area contributed by atoms with Crippen LogP contribution in [0.1, 0.15) is 76.7 Å². The number of aryl methyl sites for hydroxylation is 1. The zero-order valence-corrected chi connectivity index (χ0v) is 25.1. The van der Waals surface area contributed by atoms with E-state index in [9.17, 15) is 9.59 Å². The normalized spacial score (nSPS) is 17.7. The van der Waals surface area contributed by atoms with E-state index >= 15 is 0 Å². The van der Waals surface area contributed by atoms with Crippen molar-refractivity contribution in [3.8, 4) is 17.0 Å². The fraction of sp³-hybridized carbons (Fsp3) is 0.548. The van der Waals surface area contributed by atoms with Crippen molar-refractivity contribution in [3.63, 3.8) is 0 Å².